The molecule has 3 heterocycles. The number of hydrogen-bond acceptors (Lipinski definition) is 7. The monoisotopic (exact) mass is 595 g/mol. The van der Waals surface area contributed by atoms with Crippen LogP contribution in [0, 0.1) is 5.92 Å². The maximum absolute atomic E-state index is 12.7. The van der Waals surface area contributed by atoms with Crippen LogP contribution in [0.15, 0.2) is 58.2 Å². The molecule has 1 amide bonds. The number of fused-ring (bicyclic) bond motifs is 3. The van der Waals surface area contributed by atoms with Crippen LogP contribution < -0.4 is 0 Å². The first-order chi connectivity index (χ1) is 18.5. The summed E-state index contributed by atoms with van der Waals surface area (Å²) in [6.45, 7) is 4.12. The molecule has 1 saturated heterocycles. The van der Waals surface area contributed by atoms with Gasteiger partial charge in [-0.1, -0.05) is 58.0 Å². The van der Waals surface area contributed by atoms with Gasteiger partial charge in [0.25, 0.3) is 0 Å². The fourth-order valence-corrected chi connectivity index (χ4v) is 5.84. The summed E-state index contributed by atoms with van der Waals surface area (Å²) < 4.78 is 8.36. The van der Waals surface area contributed by atoms with Crippen LogP contribution in [-0.2, 0) is 20.9 Å². The molecule has 2 aromatic heterocycles. The molecule has 8 nitrogen and oxygen atoms in total. The number of hydrogen-bond donors (Lipinski definition) is 0. The standard InChI is InChI=1S/C28H30BrN5O3S/c1-2-37-27(36)20-13-15-33(16-14-20)24(35)8-5-17-38-28-30-26-25(31-32-28)22-6-3-4-7-23(22)34(26)18-19-9-11-21(29)12-10-19/h3-4,6-7,9-12,20H,2,5,8,13-18H2,1H3. The molecule has 0 unspecified atom stereocenters. The van der Waals surface area contributed by atoms with E-state index in [1.807, 2.05) is 36.1 Å². The summed E-state index contributed by atoms with van der Waals surface area (Å²) in [5.41, 5.74) is 3.86. The van der Waals surface area contributed by atoms with Crippen molar-refractivity contribution >= 4 is 61.6 Å². The van der Waals surface area contributed by atoms with E-state index >= 15 is 0 Å². The number of ether oxygens (including phenoxy) is 1. The molecule has 4 aromatic rings. The van der Waals surface area contributed by atoms with Crippen LogP contribution in [-0.4, -0.2) is 62.0 Å². The SMILES string of the molecule is CCOC(=O)C1CCN(C(=O)CCCSc2nnc3c4ccccc4n(Cc4ccc(Br)cc4)c3n2)CC1. The van der Waals surface area contributed by atoms with Gasteiger partial charge in [-0.3, -0.25) is 9.59 Å². The number of aromatic nitrogens is 4. The number of para-hydroxylation sites is 1. The van der Waals surface area contributed by atoms with Crippen molar-refractivity contribution in [3.63, 3.8) is 0 Å². The first kappa shape index (κ1) is 26.6. The number of amides is 1. The van der Waals surface area contributed by atoms with Crippen LogP contribution >= 0.6 is 27.7 Å². The quantitative estimate of drug-likeness (QED) is 0.144. The third kappa shape index (κ3) is 6.02. The number of carbonyl (C=O) groups is 2. The lowest BCUT2D eigenvalue weighted by Gasteiger charge is -2.31. The lowest BCUT2D eigenvalue weighted by molar-refractivity contribution is -0.151. The first-order valence-electron chi connectivity index (χ1n) is 13.0. The maximum atomic E-state index is 12.7. The van der Waals surface area contributed by atoms with E-state index < -0.39 is 0 Å². The summed E-state index contributed by atoms with van der Waals surface area (Å²) in [4.78, 5) is 31.3. The normalized spacial score (nSPS) is 14.3. The Morgan fingerprint density at radius 2 is 1.84 bits per heavy atom. The number of carbonyl (C=O) groups excluding carboxylic acids is 2. The van der Waals surface area contributed by atoms with Gasteiger partial charge >= 0.3 is 5.97 Å². The smallest absolute Gasteiger partial charge is 0.309 e. The van der Waals surface area contributed by atoms with Gasteiger partial charge in [0.05, 0.1) is 18.0 Å². The first-order valence-corrected chi connectivity index (χ1v) is 14.7. The molecule has 38 heavy (non-hydrogen) atoms. The number of thioether (sulfide) groups is 1. The Morgan fingerprint density at radius 1 is 1.08 bits per heavy atom. The van der Waals surface area contributed by atoms with Crippen LogP contribution in [0.1, 0.15) is 38.2 Å². The van der Waals surface area contributed by atoms with Crippen molar-refractivity contribution in [3.8, 4) is 0 Å². The Kier molecular flexibility index (Phi) is 8.58. The molecule has 0 aliphatic carbocycles. The largest absolute Gasteiger partial charge is 0.466 e. The van der Waals surface area contributed by atoms with Gasteiger partial charge in [0.15, 0.2) is 5.65 Å². The van der Waals surface area contributed by atoms with Gasteiger partial charge in [0.1, 0.15) is 5.52 Å². The van der Waals surface area contributed by atoms with Crippen molar-refractivity contribution in [3.05, 3.63) is 58.6 Å². The zero-order chi connectivity index (χ0) is 26.5. The molecule has 0 atom stereocenters. The molecular weight excluding hydrogens is 566 g/mol. The van der Waals surface area contributed by atoms with Crippen molar-refractivity contribution in [2.24, 2.45) is 5.92 Å². The minimum Gasteiger partial charge on any atom is -0.466 e. The molecule has 0 saturated carbocycles. The van der Waals surface area contributed by atoms with Gasteiger partial charge in [0, 0.05) is 41.7 Å². The van der Waals surface area contributed by atoms with Gasteiger partial charge in [0.2, 0.25) is 11.1 Å². The average molecular weight is 597 g/mol. The molecule has 10 heteroatoms. The Hall–Kier alpha value is -2.98. The number of benzene rings is 2. The minimum absolute atomic E-state index is 0.0894. The van der Waals surface area contributed by atoms with Crippen LogP contribution in [0.25, 0.3) is 22.1 Å². The van der Waals surface area contributed by atoms with E-state index in [1.54, 1.807) is 0 Å². The fraction of sp³-hybridized carbons (Fsp3) is 0.393. The summed E-state index contributed by atoms with van der Waals surface area (Å²) in [6.07, 6.45) is 2.54. The maximum Gasteiger partial charge on any atom is 0.309 e. The highest BCUT2D eigenvalue weighted by atomic mass is 79.9. The highest BCUT2D eigenvalue weighted by Crippen LogP contribution is 2.28. The molecule has 1 aliphatic rings. The topological polar surface area (TPSA) is 90.2 Å². The molecule has 0 bridgehead atoms. The van der Waals surface area contributed by atoms with Crippen LogP contribution in [0.2, 0.25) is 0 Å². The van der Waals surface area contributed by atoms with Crippen molar-refractivity contribution in [1.82, 2.24) is 24.6 Å². The van der Waals surface area contributed by atoms with E-state index in [1.165, 1.54) is 17.3 Å². The van der Waals surface area contributed by atoms with E-state index in [9.17, 15) is 9.59 Å². The summed E-state index contributed by atoms with van der Waals surface area (Å²) in [5, 5.41) is 10.6. The lowest BCUT2D eigenvalue weighted by Crippen LogP contribution is -2.40. The van der Waals surface area contributed by atoms with Crippen LogP contribution in [0.4, 0.5) is 0 Å². The summed E-state index contributed by atoms with van der Waals surface area (Å²) in [7, 11) is 0. The Bertz CT molecular complexity index is 1430. The summed E-state index contributed by atoms with van der Waals surface area (Å²) in [6, 6.07) is 16.5. The summed E-state index contributed by atoms with van der Waals surface area (Å²) in [5.74, 6) is 0.633. The van der Waals surface area contributed by atoms with Crippen molar-refractivity contribution in [2.45, 2.75) is 44.3 Å². The zero-order valence-electron chi connectivity index (χ0n) is 21.3. The molecule has 198 valence electrons. The van der Waals surface area contributed by atoms with E-state index in [4.69, 9.17) is 9.72 Å². The van der Waals surface area contributed by atoms with E-state index in [0.29, 0.717) is 50.7 Å². The van der Waals surface area contributed by atoms with E-state index in [0.717, 1.165) is 38.7 Å². The van der Waals surface area contributed by atoms with Crippen LogP contribution in [0.3, 0.4) is 0 Å². The molecule has 5 rings (SSSR count). The highest BCUT2D eigenvalue weighted by molar-refractivity contribution is 9.10. The molecule has 0 spiro atoms. The highest BCUT2D eigenvalue weighted by Gasteiger charge is 2.27. The van der Waals surface area contributed by atoms with Crippen molar-refractivity contribution in [2.75, 3.05) is 25.4 Å². The Morgan fingerprint density at radius 3 is 2.61 bits per heavy atom. The average Bonchev–Trinajstić information content (AvgIpc) is 3.25. The minimum atomic E-state index is -0.141. The van der Waals surface area contributed by atoms with Crippen molar-refractivity contribution in [1.29, 1.82) is 0 Å². The fourth-order valence-electron chi connectivity index (χ4n) is 4.85. The third-order valence-electron chi connectivity index (χ3n) is 6.84. The second kappa shape index (κ2) is 12.3. The molecule has 1 aliphatic heterocycles. The second-order valence-corrected chi connectivity index (χ2v) is 11.3. The van der Waals surface area contributed by atoms with Gasteiger partial charge in [-0.05, 0) is 49.9 Å². The predicted octanol–water partition coefficient (Wildman–Crippen LogP) is 5.46. The second-order valence-electron chi connectivity index (χ2n) is 9.36. The Balaban J connectivity index is 1.20. The van der Waals surface area contributed by atoms with Gasteiger partial charge in [-0.15, -0.1) is 10.2 Å². The number of halogens is 1. The predicted molar refractivity (Wildman–Crippen MR) is 152 cm³/mol. The number of likely N-dealkylation sites (tertiary alicyclic amines) is 1. The van der Waals surface area contributed by atoms with Crippen molar-refractivity contribution < 1.29 is 14.3 Å². The van der Waals surface area contributed by atoms with Gasteiger partial charge < -0.3 is 14.2 Å². The number of esters is 1. The van der Waals surface area contributed by atoms with E-state index in [-0.39, 0.29) is 17.8 Å². The van der Waals surface area contributed by atoms with Gasteiger partial charge in [-0.25, -0.2) is 4.98 Å². The third-order valence-corrected chi connectivity index (χ3v) is 8.29. The molecule has 0 radical (unpaired) electrons. The number of rotatable bonds is 9. The van der Waals surface area contributed by atoms with E-state index in [2.05, 4.69) is 55.0 Å². The number of piperidine rings is 1. The molecule has 2 aromatic carbocycles. The lowest BCUT2D eigenvalue weighted by atomic mass is 9.97. The molecular formula is C28H30BrN5O3S. The van der Waals surface area contributed by atoms with Gasteiger partial charge in [-0.2, -0.15) is 0 Å². The Labute approximate surface area is 234 Å². The molecule has 1 fully saturated rings. The number of nitrogens with zero attached hydrogens (tertiary/aromatic N) is 5. The summed E-state index contributed by atoms with van der Waals surface area (Å²) >= 11 is 5.03. The van der Waals surface area contributed by atoms with Crippen LogP contribution in [0.5, 0.6) is 0 Å². The molecule has 0 N–H and O–H groups in total. The zero-order valence-corrected chi connectivity index (χ0v) is 23.7.